The number of carboxylic acid groups (broad SMARTS) is 1. The van der Waals surface area contributed by atoms with Crippen molar-refractivity contribution in [1.82, 2.24) is 28.9 Å². The number of aliphatic carboxylic acids is 1. The van der Waals surface area contributed by atoms with Gasteiger partial charge in [-0.25, -0.2) is 13.5 Å². The van der Waals surface area contributed by atoms with E-state index in [1.807, 2.05) is 17.3 Å². The molecule has 1 saturated heterocycles. The van der Waals surface area contributed by atoms with Gasteiger partial charge in [0.25, 0.3) is 0 Å². The number of hydrogen-bond acceptors (Lipinski definition) is 8. The van der Waals surface area contributed by atoms with E-state index < -0.39 is 40.5 Å². The number of aryl methyl sites for hydroxylation is 2. The highest BCUT2D eigenvalue weighted by Crippen LogP contribution is 2.38. The van der Waals surface area contributed by atoms with E-state index in [4.69, 9.17) is 9.47 Å². The molecule has 6 rings (SSSR count). The number of ether oxygens (including phenoxy) is 2. The third kappa shape index (κ3) is 5.66. The first-order valence-corrected chi connectivity index (χ1v) is 15.0. The maximum atomic E-state index is 13.9. The number of fused-ring (bicyclic) bond motifs is 2. The van der Waals surface area contributed by atoms with Crippen molar-refractivity contribution in [3.63, 3.8) is 0 Å². The van der Waals surface area contributed by atoms with Gasteiger partial charge in [-0.1, -0.05) is 6.07 Å². The summed E-state index contributed by atoms with van der Waals surface area (Å²) in [6.07, 6.45) is 0.515. The highest BCUT2D eigenvalue weighted by molar-refractivity contribution is 7.82. The standard InChI is InChI=1S/C29H29F3N6O5S/c1-17-21(5-9-38-25(17)35-36-27(38)29(30,31)32)22(13-24(39)40)19-12-20(18(2)34-14-19)15-37-16-28(6-10-42-11-7-28)43-26-23(44(37)41)4-3-8-33-26/h3-5,8-9,12,14,22H,6-7,10-11,13,15-16H2,1-2H3,(H,39,40). The Bertz CT molecular complexity index is 1760. The lowest BCUT2D eigenvalue weighted by Gasteiger charge is -2.38. The smallest absolute Gasteiger partial charge is 0.452 e. The summed E-state index contributed by atoms with van der Waals surface area (Å²) >= 11 is 0. The third-order valence-corrected chi connectivity index (χ3v) is 9.59. The van der Waals surface area contributed by atoms with Crippen molar-refractivity contribution in [1.29, 1.82) is 0 Å². The van der Waals surface area contributed by atoms with E-state index in [0.29, 0.717) is 65.8 Å². The molecule has 0 radical (unpaired) electrons. The zero-order chi connectivity index (χ0) is 31.2. The summed E-state index contributed by atoms with van der Waals surface area (Å²) in [5.41, 5.74) is 2.14. The zero-order valence-corrected chi connectivity index (χ0v) is 24.7. The van der Waals surface area contributed by atoms with Gasteiger partial charge in [-0.15, -0.1) is 10.2 Å². The van der Waals surface area contributed by atoms with Gasteiger partial charge in [-0.05, 0) is 54.3 Å². The second-order valence-electron chi connectivity index (χ2n) is 11.0. The van der Waals surface area contributed by atoms with Crippen LogP contribution in [0.5, 0.6) is 5.88 Å². The quantitative estimate of drug-likeness (QED) is 0.333. The van der Waals surface area contributed by atoms with Crippen molar-refractivity contribution in [2.24, 2.45) is 0 Å². The van der Waals surface area contributed by atoms with E-state index in [1.165, 1.54) is 12.3 Å². The molecule has 11 nitrogen and oxygen atoms in total. The van der Waals surface area contributed by atoms with Crippen LogP contribution in [0.2, 0.25) is 0 Å². The first-order valence-electron chi connectivity index (χ1n) is 13.9. The number of alkyl halides is 3. The topological polar surface area (TPSA) is 132 Å². The minimum atomic E-state index is -4.71. The summed E-state index contributed by atoms with van der Waals surface area (Å²) < 4.78 is 68.9. The molecule has 1 fully saturated rings. The molecule has 0 saturated carbocycles. The molecule has 232 valence electrons. The van der Waals surface area contributed by atoms with Crippen LogP contribution in [0.25, 0.3) is 5.65 Å². The lowest BCUT2D eigenvalue weighted by Crippen LogP contribution is -2.49. The molecule has 0 aliphatic carbocycles. The number of carboxylic acids is 1. The minimum Gasteiger partial charge on any atom is -0.481 e. The van der Waals surface area contributed by atoms with E-state index in [-0.39, 0.29) is 18.6 Å². The summed E-state index contributed by atoms with van der Waals surface area (Å²) in [6, 6.07) is 6.72. The van der Waals surface area contributed by atoms with Crippen LogP contribution in [0.1, 0.15) is 59.0 Å². The molecule has 4 aromatic heterocycles. The van der Waals surface area contributed by atoms with Gasteiger partial charge >= 0.3 is 12.1 Å². The van der Waals surface area contributed by atoms with Gasteiger partial charge in [0.1, 0.15) is 21.5 Å². The highest BCUT2D eigenvalue weighted by atomic mass is 32.2. The molecule has 2 unspecified atom stereocenters. The number of halogens is 3. The Hall–Kier alpha value is -3.95. The monoisotopic (exact) mass is 630 g/mol. The Kier molecular flexibility index (Phi) is 7.88. The lowest BCUT2D eigenvalue weighted by molar-refractivity contribution is -0.145. The lowest BCUT2D eigenvalue weighted by atomic mass is 9.86. The minimum absolute atomic E-state index is 0.0143. The highest BCUT2D eigenvalue weighted by Gasteiger charge is 2.43. The summed E-state index contributed by atoms with van der Waals surface area (Å²) in [6.45, 7) is 4.96. The summed E-state index contributed by atoms with van der Waals surface area (Å²) in [5, 5.41) is 16.9. The number of nitrogens with zero attached hydrogens (tertiary/aromatic N) is 6. The van der Waals surface area contributed by atoms with E-state index in [2.05, 4.69) is 20.2 Å². The number of pyridine rings is 3. The fraction of sp³-hybridized carbons (Fsp3) is 0.414. The molecule has 0 aromatic carbocycles. The van der Waals surface area contributed by atoms with Crippen LogP contribution in [0, 0.1) is 13.8 Å². The van der Waals surface area contributed by atoms with Crippen molar-refractivity contribution >= 4 is 22.6 Å². The fourth-order valence-corrected chi connectivity index (χ4v) is 7.17. The number of aromatic nitrogens is 5. The van der Waals surface area contributed by atoms with Crippen molar-refractivity contribution in [3.8, 4) is 5.88 Å². The molecule has 44 heavy (non-hydrogen) atoms. The maximum Gasteiger partial charge on any atom is 0.452 e. The molecular formula is C29H29F3N6O5S. The predicted octanol–water partition coefficient (Wildman–Crippen LogP) is 4.23. The van der Waals surface area contributed by atoms with Gasteiger partial charge in [0.2, 0.25) is 11.7 Å². The second-order valence-corrected chi connectivity index (χ2v) is 12.5. The number of rotatable bonds is 6. The van der Waals surface area contributed by atoms with E-state index in [1.54, 1.807) is 31.5 Å². The van der Waals surface area contributed by atoms with Crippen LogP contribution in [-0.2, 0) is 33.2 Å². The molecule has 15 heteroatoms. The van der Waals surface area contributed by atoms with Crippen molar-refractivity contribution in [2.75, 3.05) is 19.8 Å². The Morgan fingerprint density at radius 1 is 1.18 bits per heavy atom. The normalized spacial score (nSPS) is 19.3. The van der Waals surface area contributed by atoms with Gasteiger partial charge < -0.3 is 14.6 Å². The molecule has 0 amide bonds. The van der Waals surface area contributed by atoms with Crippen LogP contribution in [0.15, 0.2) is 47.8 Å². The Morgan fingerprint density at radius 3 is 2.68 bits per heavy atom. The molecule has 2 aliphatic heterocycles. The second kappa shape index (κ2) is 11.5. The van der Waals surface area contributed by atoms with Crippen LogP contribution in [0.4, 0.5) is 13.2 Å². The largest absolute Gasteiger partial charge is 0.481 e. The van der Waals surface area contributed by atoms with Crippen LogP contribution in [-0.4, -0.2) is 69.5 Å². The average Bonchev–Trinajstić information content (AvgIpc) is 3.39. The molecule has 1 spiro atoms. The molecule has 2 aliphatic rings. The average molecular weight is 631 g/mol. The SMILES string of the molecule is Cc1ncc(C(CC(=O)O)c2ccn3c(C(F)(F)F)nnc3c2C)cc1CN1CC2(CCOCC2)Oc2ncccc2S1=O. The van der Waals surface area contributed by atoms with Crippen molar-refractivity contribution in [2.45, 2.75) is 62.2 Å². The first kappa shape index (κ1) is 30.1. The summed E-state index contributed by atoms with van der Waals surface area (Å²) in [7, 11) is -1.62. The van der Waals surface area contributed by atoms with Gasteiger partial charge in [0.05, 0.1) is 26.2 Å². The molecule has 1 N–H and O–H groups in total. The summed E-state index contributed by atoms with van der Waals surface area (Å²) in [5.74, 6) is -2.68. The Balaban J connectivity index is 1.38. The third-order valence-electron chi connectivity index (χ3n) is 8.18. The molecule has 0 bridgehead atoms. The van der Waals surface area contributed by atoms with E-state index >= 15 is 0 Å². The number of carbonyl (C=O) groups is 1. The van der Waals surface area contributed by atoms with Crippen LogP contribution >= 0.6 is 0 Å². The fourth-order valence-electron chi connectivity index (χ4n) is 5.85. The maximum absolute atomic E-state index is 13.9. The van der Waals surface area contributed by atoms with E-state index in [0.717, 1.165) is 9.96 Å². The van der Waals surface area contributed by atoms with Crippen LogP contribution in [0.3, 0.4) is 0 Å². The van der Waals surface area contributed by atoms with Gasteiger partial charge in [0.15, 0.2) is 5.65 Å². The molecular weight excluding hydrogens is 601 g/mol. The van der Waals surface area contributed by atoms with Crippen molar-refractivity contribution in [3.05, 3.63) is 76.6 Å². The van der Waals surface area contributed by atoms with Crippen molar-refractivity contribution < 1.29 is 36.8 Å². The van der Waals surface area contributed by atoms with E-state index in [9.17, 15) is 27.3 Å². The molecule has 6 heterocycles. The zero-order valence-electron chi connectivity index (χ0n) is 23.9. The Labute approximate surface area is 252 Å². The molecule has 2 atom stereocenters. The van der Waals surface area contributed by atoms with Gasteiger partial charge in [0, 0.05) is 49.6 Å². The Morgan fingerprint density at radius 2 is 1.95 bits per heavy atom. The van der Waals surface area contributed by atoms with Crippen LogP contribution < -0.4 is 4.74 Å². The number of hydrogen-bond donors (Lipinski definition) is 1. The summed E-state index contributed by atoms with van der Waals surface area (Å²) in [4.78, 5) is 21.4. The first-order chi connectivity index (χ1) is 21.0. The predicted molar refractivity (Wildman–Crippen MR) is 150 cm³/mol. The molecule has 4 aromatic rings. The van der Waals surface area contributed by atoms with Gasteiger partial charge in [-0.2, -0.15) is 13.2 Å². The van der Waals surface area contributed by atoms with Gasteiger partial charge in [-0.3, -0.25) is 14.2 Å².